The molecule has 2 aromatic carbocycles. The monoisotopic (exact) mass is 489 g/mol. The fourth-order valence-electron chi connectivity index (χ4n) is 3.49. The number of halogens is 2. The number of hydrogen-bond acceptors (Lipinski definition) is 7. The van der Waals surface area contributed by atoms with Gasteiger partial charge in [-0.2, -0.15) is 8.78 Å². The van der Waals surface area contributed by atoms with Gasteiger partial charge in [0.1, 0.15) is 5.75 Å². The number of carbonyl (C=O) groups excluding carboxylic acids is 1. The van der Waals surface area contributed by atoms with E-state index >= 15 is 0 Å². The quantitative estimate of drug-likeness (QED) is 0.461. The number of morpholine rings is 1. The topological polar surface area (TPSA) is 81.5 Å². The normalized spacial score (nSPS) is 13.8. The van der Waals surface area contributed by atoms with Crippen molar-refractivity contribution in [1.82, 2.24) is 20.1 Å². The van der Waals surface area contributed by atoms with Crippen molar-refractivity contribution in [2.45, 2.75) is 25.2 Å². The maximum Gasteiger partial charge on any atom is 0.387 e. The zero-order valence-electron chi connectivity index (χ0n) is 18.6. The molecule has 1 aliphatic rings. The van der Waals surface area contributed by atoms with E-state index in [1.807, 2.05) is 29.7 Å². The van der Waals surface area contributed by atoms with Crippen molar-refractivity contribution in [2.24, 2.45) is 0 Å². The van der Waals surface area contributed by atoms with Gasteiger partial charge in [0.25, 0.3) is 0 Å². The molecule has 0 radical (unpaired) electrons. The average Bonchev–Trinajstić information content (AvgIpc) is 3.26. The minimum atomic E-state index is -2.87. The number of ether oxygens (including phenoxy) is 2. The van der Waals surface area contributed by atoms with Gasteiger partial charge in [-0.1, -0.05) is 36.0 Å². The summed E-state index contributed by atoms with van der Waals surface area (Å²) in [4.78, 5) is 14.6. The zero-order valence-corrected chi connectivity index (χ0v) is 19.4. The number of amides is 1. The molecular weight excluding hydrogens is 464 g/mol. The molecule has 3 aromatic rings. The Morgan fingerprint density at radius 2 is 1.94 bits per heavy atom. The summed E-state index contributed by atoms with van der Waals surface area (Å²) in [7, 11) is 0. The number of aromatic nitrogens is 3. The third-order valence-corrected chi connectivity index (χ3v) is 6.07. The second kappa shape index (κ2) is 11.3. The molecule has 1 amide bonds. The van der Waals surface area contributed by atoms with Crippen LogP contribution in [0.1, 0.15) is 11.1 Å². The number of aryl methyl sites for hydroxylation is 1. The number of hydrogen-bond donors (Lipinski definition) is 1. The lowest BCUT2D eigenvalue weighted by molar-refractivity contribution is -0.118. The standard InChI is InChI=1S/C23H25F2N5O3S/c1-16-3-2-4-18(13-16)30-22(29-9-11-32-12-10-29)27-28-23(30)34-15-20(31)26-14-17-5-7-19(8-6-17)33-21(24)25/h2-8,13,21H,9-12,14-15H2,1H3,(H,26,31). The molecule has 2 heterocycles. The van der Waals surface area contributed by atoms with Gasteiger partial charge in [-0.05, 0) is 42.3 Å². The molecule has 11 heteroatoms. The number of carbonyl (C=O) groups is 1. The highest BCUT2D eigenvalue weighted by Gasteiger charge is 2.22. The first kappa shape index (κ1) is 24.0. The lowest BCUT2D eigenvalue weighted by Crippen LogP contribution is -2.37. The Hall–Kier alpha value is -3.18. The Kier molecular flexibility index (Phi) is 7.96. The second-order valence-electron chi connectivity index (χ2n) is 7.64. The van der Waals surface area contributed by atoms with Crippen LogP contribution in [-0.2, 0) is 16.1 Å². The summed E-state index contributed by atoms with van der Waals surface area (Å²) in [5.74, 6) is 0.777. The summed E-state index contributed by atoms with van der Waals surface area (Å²) < 4.78 is 36.3. The number of nitrogens with zero attached hydrogens (tertiary/aromatic N) is 4. The van der Waals surface area contributed by atoms with E-state index in [0.717, 1.165) is 35.9 Å². The lowest BCUT2D eigenvalue weighted by Gasteiger charge is -2.28. The fourth-order valence-corrected chi connectivity index (χ4v) is 4.26. The Morgan fingerprint density at radius 3 is 2.65 bits per heavy atom. The van der Waals surface area contributed by atoms with Crippen molar-refractivity contribution < 1.29 is 23.0 Å². The van der Waals surface area contributed by atoms with Gasteiger partial charge in [-0.15, -0.1) is 10.2 Å². The van der Waals surface area contributed by atoms with Crippen LogP contribution in [0.3, 0.4) is 0 Å². The van der Waals surface area contributed by atoms with Crippen LogP contribution in [-0.4, -0.2) is 59.3 Å². The minimum absolute atomic E-state index is 0.0761. The fraction of sp³-hybridized carbons (Fsp3) is 0.348. The van der Waals surface area contributed by atoms with Gasteiger partial charge in [-0.25, -0.2) is 0 Å². The first-order chi connectivity index (χ1) is 16.5. The number of thioether (sulfide) groups is 1. The third kappa shape index (κ3) is 6.23. The van der Waals surface area contributed by atoms with Crippen molar-refractivity contribution in [2.75, 3.05) is 37.0 Å². The number of alkyl halides is 2. The van der Waals surface area contributed by atoms with Crippen molar-refractivity contribution in [3.63, 3.8) is 0 Å². The molecule has 0 spiro atoms. The van der Waals surface area contributed by atoms with E-state index in [4.69, 9.17) is 4.74 Å². The van der Waals surface area contributed by atoms with E-state index in [0.29, 0.717) is 18.4 Å². The first-order valence-corrected chi connectivity index (χ1v) is 11.8. The van der Waals surface area contributed by atoms with E-state index in [9.17, 15) is 13.6 Å². The number of anilines is 1. The molecule has 8 nitrogen and oxygen atoms in total. The Balaban J connectivity index is 1.41. The average molecular weight is 490 g/mol. The van der Waals surface area contributed by atoms with Crippen molar-refractivity contribution in [1.29, 1.82) is 0 Å². The van der Waals surface area contributed by atoms with Crippen LogP contribution >= 0.6 is 11.8 Å². The molecule has 1 aromatic heterocycles. The largest absolute Gasteiger partial charge is 0.435 e. The van der Waals surface area contributed by atoms with Crippen LogP contribution in [0.5, 0.6) is 5.75 Å². The summed E-state index contributed by atoms with van der Waals surface area (Å²) in [5, 5.41) is 12.2. The molecule has 0 saturated carbocycles. The van der Waals surface area contributed by atoms with Gasteiger partial charge in [0.15, 0.2) is 5.16 Å². The number of rotatable bonds is 9. The van der Waals surface area contributed by atoms with E-state index in [1.54, 1.807) is 12.1 Å². The highest BCUT2D eigenvalue weighted by atomic mass is 32.2. The van der Waals surface area contributed by atoms with E-state index in [1.165, 1.54) is 23.9 Å². The second-order valence-corrected chi connectivity index (χ2v) is 8.59. The Labute approximate surface area is 200 Å². The van der Waals surface area contributed by atoms with Gasteiger partial charge < -0.3 is 19.7 Å². The van der Waals surface area contributed by atoms with Crippen LogP contribution in [0.25, 0.3) is 5.69 Å². The summed E-state index contributed by atoms with van der Waals surface area (Å²) in [6.45, 7) is 2.12. The highest BCUT2D eigenvalue weighted by molar-refractivity contribution is 7.99. The Morgan fingerprint density at radius 1 is 1.18 bits per heavy atom. The smallest absolute Gasteiger partial charge is 0.387 e. The molecule has 0 aliphatic carbocycles. The molecule has 180 valence electrons. The SMILES string of the molecule is Cc1cccc(-n2c(SCC(=O)NCc3ccc(OC(F)F)cc3)nnc2N2CCOCC2)c1. The molecule has 1 aliphatic heterocycles. The van der Waals surface area contributed by atoms with Gasteiger partial charge >= 0.3 is 6.61 Å². The van der Waals surface area contributed by atoms with E-state index in [2.05, 4.69) is 31.2 Å². The Bertz CT molecular complexity index is 1100. The van der Waals surface area contributed by atoms with E-state index < -0.39 is 6.61 Å². The summed E-state index contributed by atoms with van der Waals surface area (Å²) >= 11 is 1.30. The summed E-state index contributed by atoms with van der Waals surface area (Å²) in [5.41, 5.74) is 2.82. The molecule has 4 rings (SSSR count). The maximum absolute atomic E-state index is 12.5. The van der Waals surface area contributed by atoms with Crippen molar-refractivity contribution in [3.05, 3.63) is 59.7 Å². The third-order valence-electron chi connectivity index (χ3n) is 5.14. The molecule has 1 fully saturated rings. The van der Waals surface area contributed by atoms with Gasteiger partial charge in [0.2, 0.25) is 11.9 Å². The van der Waals surface area contributed by atoms with Crippen LogP contribution in [0.2, 0.25) is 0 Å². The van der Waals surface area contributed by atoms with Gasteiger partial charge in [0.05, 0.1) is 24.7 Å². The predicted octanol–water partition coefficient (Wildman–Crippen LogP) is 3.42. The summed E-state index contributed by atoms with van der Waals surface area (Å²) in [6, 6.07) is 14.2. The first-order valence-electron chi connectivity index (χ1n) is 10.8. The van der Waals surface area contributed by atoms with Gasteiger partial charge in [-0.3, -0.25) is 9.36 Å². The van der Waals surface area contributed by atoms with E-state index in [-0.39, 0.29) is 24.0 Å². The molecule has 34 heavy (non-hydrogen) atoms. The molecule has 0 unspecified atom stereocenters. The summed E-state index contributed by atoms with van der Waals surface area (Å²) in [6.07, 6.45) is 0. The highest BCUT2D eigenvalue weighted by Crippen LogP contribution is 2.27. The van der Waals surface area contributed by atoms with Gasteiger partial charge in [0, 0.05) is 19.6 Å². The van der Waals surface area contributed by atoms with Crippen molar-refractivity contribution in [3.8, 4) is 11.4 Å². The molecule has 0 atom stereocenters. The van der Waals surface area contributed by atoms with Crippen LogP contribution in [0.4, 0.5) is 14.7 Å². The molecule has 1 N–H and O–H groups in total. The van der Waals surface area contributed by atoms with Crippen LogP contribution < -0.4 is 15.0 Å². The maximum atomic E-state index is 12.5. The molecule has 0 bridgehead atoms. The minimum Gasteiger partial charge on any atom is -0.435 e. The van der Waals surface area contributed by atoms with Crippen LogP contribution in [0.15, 0.2) is 53.7 Å². The van der Waals surface area contributed by atoms with Crippen LogP contribution in [0, 0.1) is 6.92 Å². The molecule has 1 saturated heterocycles. The lowest BCUT2D eigenvalue weighted by atomic mass is 10.2. The predicted molar refractivity (Wildman–Crippen MR) is 125 cm³/mol. The van der Waals surface area contributed by atoms with Crippen molar-refractivity contribution >= 4 is 23.6 Å². The number of nitrogens with one attached hydrogen (secondary N) is 1. The number of benzene rings is 2. The zero-order chi connectivity index (χ0) is 23.9. The molecular formula is C23H25F2N5O3S.